The van der Waals surface area contributed by atoms with E-state index >= 15 is 0 Å². The SMILES string of the molecule is COc1cccc(C(CNC(=NCC(=O)N(C)C)NCC(C)C)N2CCCC2)c1.I. The smallest absolute Gasteiger partial charge is 0.243 e. The molecule has 8 heteroatoms. The van der Waals surface area contributed by atoms with Crippen LogP contribution < -0.4 is 15.4 Å². The molecule has 0 spiro atoms. The molecule has 1 aliphatic rings. The van der Waals surface area contributed by atoms with E-state index in [1.807, 2.05) is 12.1 Å². The summed E-state index contributed by atoms with van der Waals surface area (Å²) in [7, 11) is 5.20. The average Bonchev–Trinajstić information content (AvgIpc) is 3.23. The summed E-state index contributed by atoms with van der Waals surface area (Å²) in [6.07, 6.45) is 2.45. The van der Waals surface area contributed by atoms with Crippen LogP contribution in [0.25, 0.3) is 0 Å². The first-order valence-electron chi connectivity index (χ1n) is 10.5. The van der Waals surface area contributed by atoms with E-state index in [9.17, 15) is 4.79 Å². The highest BCUT2D eigenvalue weighted by Gasteiger charge is 2.24. The lowest BCUT2D eigenvalue weighted by Crippen LogP contribution is -2.44. The topological polar surface area (TPSA) is 69.2 Å². The second kappa shape index (κ2) is 13.7. The number of aliphatic imine (C=N–C) groups is 1. The first-order chi connectivity index (χ1) is 13.9. The van der Waals surface area contributed by atoms with Crippen molar-refractivity contribution in [1.29, 1.82) is 0 Å². The largest absolute Gasteiger partial charge is 0.497 e. The van der Waals surface area contributed by atoms with Gasteiger partial charge in [-0.3, -0.25) is 9.69 Å². The fourth-order valence-electron chi connectivity index (χ4n) is 3.32. The molecular weight excluding hydrogens is 493 g/mol. The maximum Gasteiger partial charge on any atom is 0.243 e. The number of hydrogen-bond acceptors (Lipinski definition) is 4. The lowest BCUT2D eigenvalue weighted by Gasteiger charge is -2.29. The maximum absolute atomic E-state index is 12.0. The van der Waals surface area contributed by atoms with Crippen molar-refractivity contribution in [2.24, 2.45) is 10.9 Å². The van der Waals surface area contributed by atoms with Gasteiger partial charge in [0.1, 0.15) is 12.3 Å². The van der Waals surface area contributed by atoms with Crippen LogP contribution in [0, 0.1) is 5.92 Å². The zero-order valence-corrected chi connectivity index (χ0v) is 21.3. The molecule has 1 heterocycles. The third-order valence-electron chi connectivity index (χ3n) is 5.07. The fraction of sp³-hybridized carbons (Fsp3) is 0.636. The molecule has 2 rings (SSSR count). The van der Waals surface area contributed by atoms with Crippen molar-refractivity contribution in [2.45, 2.75) is 32.7 Å². The first-order valence-corrected chi connectivity index (χ1v) is 10.5. The summed E-state index contributed by atoms with van der Waals surface area (Å²) in [6.45, 7) is 8.14. The van der Waals surface area contributed by atoms with Crippen LogP contribution >= 0.6 is 24.0 Å². The lowest BCUT2D eigenvalue weighted by molar-refractivity contribution is -0.127. The zero-order valence-electron chi connectivity index (χ0n) is 19.0. The Morgan fingerprint density at radius 3 is 2.47 bits per heavy atom. The van der Waals surface area contributed by atoms with Crippen molar-refractivity contribution >= 4 is 35.8 Å². The van der Waals surface area contributed by atoms with Gasteiger partial charge in [0.15, 0.2) is 5.96 Å². The number of methoxy groups -OCH3 is 1. The van der Waals surface area contributed by atoms with Crippen molar-refractivity contribution in [1.82, 2.24) is 20.4 Å². The molecule has 1 aromatic rings. The number of carbonyl (C=O) groups excluding carboxylic acids is 1. The van der Waals surface area contributed by atoms with Crippen LogP contribution in [0.15, 0.2) is 29.3 Å². The molecule has 1 aliphatic heterocycles. The molecule has 0 bridgehead atoms. The Bertz CT molecular complexity index is 675. The number of likely N-dealkylation sites (N-methyl/N-ethyl adjacent to an activating group) is 1. The standard InChI is InChI=1S/C22H37N5O2.HI/c1-17(2)14-23-22(25-16-21(28)26(3)4)24-15-20(27-11-6-7-12-27)18-9-8-10-19(13-18)29-5;/h8-10,13,17,20H,6-7,11-12,14-16H2,1-5H3,(H2,23,24,25);1H. The first kappa shape index (κ1) is 26.5. The molecule has 30 heavy (non-hydrogen) atoms. The zero-order chi connectivity index (χ0) is 21.2. The number of benzene rings is 1. The van der Waals surface area contributed by atoms with Gasteiger partial charge in [0, 0.05) is 27.2 Å². The Kier molecular flexibility index (Phi) is 12.1. The highest BCUT2D eigenvalue weighted by molar-refractivity contribution is 14.0. The number of hydrogen-bond donors (Lipinski definition) is 2. The molecule has 0 radical (unpaired) electrons. The average molecular weight is 531 g/mol. The number of carbonyl (C=O) groups is 1. The van der Waals surface area contributed by atoms with Gasteiger partial charge in [-0.2, -0.15) is 0 Å². The Morgan fingerprint density at radius 1 is 1.20 bits per heavy atom. The molecule has 1 atom stereocenters. The predicted octanol–water partition coefficient (Wildman–Crippen LogP) is 2.73. The number of nitrogens with one attached hydrogen (secondary N) is 2. The molecule has 0 saturated carbocycles. The summed E-state index contributed by atoms with van der Waals surface area (Å²) in [5.41, 5.74) is 1.23. The molecule has 170 valence electrons. The van der Waals surface area contributed by atoms with Crippen molar-refractivity contribution in [2.75, 3.05) is 53.9 Å². The summed E-state index contributed by atoms with van der Waals surface area (Å²) >= 11 is 0. The van der Waals surface area contributed by atoms with Crippen LogP contribution in [-0.4, -0.2) is 75.6 Å². The third kappa shape index (κ3) is 8.67. The van der Waals surface area contributed by atoms with Gasteiger partial charge in [0.05, 0.1) is 13.2 Å². The van der Waals surface area contributed by atoms with Crippen molar-refractivity contribution in [3.63, 3.8) is 0 Å². The fourth-order valence-corrected chi connectivity index (χ4v) is 3.32. The van der Waals surface area contributed by atoms with Gasteiger partial charge in [-0.1, -0.05) is 26.0 Å². The Morgan fingerprint density at radius 2 is 1.87 bits per heavy atom. The molecule has 7 nitrogen and oxygen atoms in total. The van der Waals surface area contributed by atoms with Gasteiger partial charge in [0.2, 0.25) is 5.91 Å². The molecule has 1 saturated heterocycles. The van der Waals surface area contributed by atoms with E-state index in [2.05, 4.69) is 46.5 Å². The molecule has 0 aliphatic carbocycles. The summed E-state index contributed by atoms with van der Waals surface area (Å²) in [6, 6.07) is 8.50. The number of amides is 1. The predicted molar refractivity (Wildman–Crippen MR) is 134 cm³/mol. The molecule has 1 aromatic carbocycles. The van der Waals surface area contributed by atoms with Crippen LogP contribution in [0.4, 0.5) is 0 Å². The van der Waals surface area contributed by atoms with Gasteiger partial charge in [-0.25, -0.2) is 4.99 Å². The quantitative estimate of drug-likeness (QED) is 0.292. The Hall–Kier alpha value is -1.55. The van der Waals surface area contributed by atoms with Crippen LogP contribution in [-0.2, 0) is 4.79 Å². The van der Waals surface area contributed by atoms with E-state index in [1.54, 1.807) is 26.1 Å². The number of ether oxygens (including phenoxy) is 1. The molecule has 2 N–H and O–H groups in total. The van der Waals surface area contributed by atoms with Crippen LogP contribution in [0.2, 0.25) is 0 Å². The Balaban J connectivity index is 0.00000450. The van der Waals surface area contributed by atoms with E-state index in [1.165, 1.54) is 18.4 Å². The third-order valence-corrected chi connectivity index (χ3v) is 5.07. The Labute approximate surface area is 198 Å². The van der Waals surface area contributed by atoms with E-state index in [4.69, 9.17) is 4.74 Å². The second-order valence-electron chi connectivity index (χ2n) is 8.14. The highest BCUT2D eigenvalue weighted by Crippen LogP contribution is 2.27. The normalized spacial score (nSPS) is 15.5. The minimum atomic E-state index is -0.0143. The summed E-state index contributed by atoms with van der Waals surface area (Å²) in [5.74, 6) is 2.02. The van der Waals surface area contributed by atoms with Crippen molar-refractivity contribution in [3.8, 4) is 5.75 Å². The van der Waals surface area contributed by atoms with E-state index in [-0.39, 0.29) is 42.5 Å². The van der Waals surface area contributed by atoms with Gasteiger partial charge in [-0.05, 0) is 49.5 Å². The van der Waals surface area contributed by atoms with Gasteiger partial charge in [-0.15, -0.1) is 24.0 Å². The van der Waals surface area contributed by atoms with Gasteiger partial charge < -0.3 is 20.3 Å². The molecule has 1 unspecified atom stereocenters. The maximum atomic E-state index is 12.0. The van der Waals surface area contributed by atoms with Gasteiger partial charge >= 0.3 is 0 Å². The number of likely N-dealkylation sites (tertiary alicyclic amines) is 1. The van der Waals surface area contributed by atoms with Crippen LogP contribution in [0.1, 0.15) is 38.3 Å². The van der Waals surface area contributed by atoms with E-state index in [0.717, 1.165) is 25.4 Å². The molecule has 0 aromatic heterocycles. The molecular formula is C22H38IN5O2. The summed E-state index contributed by atoms with van der Waals surface area (Å²) in [5, 5.41) is 6.83. The molecule has 1 fully saturated rings. The van der Waals surface area contributed by atoms with Crippen LogP contribution in [0.3, 0.4) is 0 Å². The molecule has 1 amide bonds. The van der Waals surface area contributed by atoms with Crippen molar-refractivity contribution < 1.29 is 9.53 Å². The van der Waals surface area contributed by atoms with Gasteiger partial charge in [0.25, 0.3) is 0 Å². The monoisotopic (exact) mass is 531 g/mol. The number of halogens is 1. The van der Waals surface area contributed by atoms with Crippen LogP contribution in [0.5, 0.6) is 5.75 Å². The lowest BCUT2D eigenvalue weighted by atomic mass is 10.1. The summed E-state index contributed by atoms with van der Waals surface area (Å²) in [4.78, 5) is 20.5. The number of nitrogens with zero attached hydrogens (tertiary/aromatic N) is 3. The minimum absolute atomic E-state index is 0. The minimum Gasteiger partial charge on any atom is -0.497 e. The van der Waals surface area contributed by atoms with E-state index < -0.39 is 0 Å². The second-order valence-corrected chi connectivity index (χ2v) is 8.14. The summed E-state index contributed by atoms with van der Waals surface area (Å²) < 4.78 is 5.43. The van der Waals surface area contributed by atoms with Crippen molar-refractivity contribution in [3.05, 3.63) is 29.8 Å². The number of rotatable bonds is 9. The van der Waals surface area contributed by atoms with E-state index in [0.29, 0.717) is 18.4 Å². The highest BCUT2D eigenvalue weighted by atomic mass is 127. The number of guanidine groups is 1.